The summed E-state index contributed by atoms with van der Waals surface area (Å²) in [5.74, 6) is -0.0661. The first kappa shape index (κ1) is 14.7. The van der Waals surface area contributed by atoms with Crippen molar-refractivity contribution >= 4 is 27.5 Å². The summed E-state index contributed by atoms with van der Waals surface area (Å²) in [6.45, 7) is 2.92. The Kier molecular flexibility index (Phi) is 5.26. The zero-order valence-corrected chi connectivity index (χ0v) is 12.8. The lowest BCUT2D eigenvalue weighted by Crippen LogP contribution is -2.28. The first-order valence-electron chi connectivity index (χ1n) is 6.31. The van der Waals surface area contributed by atoms with Crippen LogP contribution >= 0.6 is 15.9 Å². The molecule has 0 atom stereocenters. The lowest BCUT2D eigenvalue weighted by molar-refractivity contribution is -0.115. The van der Waals surface area contributed by atoms with Crippen LogP contribution in [0.3, 0.4) is 0 Å². The Balaban J connectivity index is 1.82. The summed E-state index contributed by atoms with van der Waals surface area (Å²) in [7, 11) is 0. The van der Waals surface area contributed by atoms with Gasteiger partial charge in [-0.25, -0.2) is 0 Å². The normalized spacial score (nSPS) is 10.3. The third-order valence-corrected chi connectivity index (χ3v) is 3.58. The van der Waals surface area contributed by atoms with Gasteiger partial charge in [-0.3, -0.25) is 9.78 Å². The van der Waals surface area contributed by atoms with E-state index >= 15 is 0 Å². The number of anilines is 1. The zero-order chi connectivity index (χ0) is 14.4. The summed E-state index contributed by atoms with van der Waals surface area (Å²) in [4.78, 5) is 15.9. The number of aryl methyl sites for hydroxylation is 1. The van der Waals surface area contributed by atoms with E-state index in [1.165, 1.54) is 0 Å². The maximum Gasteiger partial charge on any atom is 0.238 e. The number of carbonyl (C=O) groups is 1. The third-order valence-electron chi connectivity index (χ3n) is 2.89. The minimum absolute atomic E-state index is 0.0661. The second-order valence-electron chi connectivity index (χ2n) is 4.43. The number of halogens is 1. The molecule has 1 heterocycles. The molecule has 0 radical (unpaired) electrons. The summed E-state index contributed by atoms with van der Waals surface area (Å²) in [6.07, 6.45) is 3.57. The van der Waals surface area contributed by atoms with Gasteiger partial charge in [0.05, 0.1) is 12.2 Å². The van der Waals surface area contributed by atoms with E-state index in [1.54, 1.807) is 6.20 Å². The molecule has 20 heavy (non-hydrogen) atoms. The van der Waals surface area contributed by atoms with Crippen molar-refractivity contribution in [1.29, 1.82) is 0 Å². The van der Waals surface area contributed by atoms with Crippen molar-refractivity contribution in [3.05, 3.63) is 58.3 Å². The van der Waals surface area contributed by atoms with E-state index in [-0.39, 0.29) is 12.5 Å². The van der Waals surface area contributed by atoms with Gasteiger partial charge in [0.1, 0.15) is 0 Å². The van der Waals surface area contributed by atoms with Crippen LogP contribution in [0.25, 0.3) is 0 Å². The van der Waals surface area contributed by atoms with E-state index in [1.807, 2.05) is 43.5 Å². The molecule has 0 fully saturated rings. The van der Waals surface area contributed by atoms with Crippen LogP contribution in [0.15, 0.2) is 47.2 Å². The van der Waals surface area contributed by atoms with Crippen LogP contribution in [0.2, 0.25) is 0 Å². The third kappa shape index (κ3) is 4.15. The number of carbonyl (C=O) groups excluding carboxylic acids is 1. The topological polar surface area (TPSA) is 54.0 Å². The van der Waals surface area contributed by atoms with Crippen molar-refractivity contribution in [3.8, 4) is 0 Å². The molecule has 1 amide bonds. The van der Waals surface area contributed by atoms with Gasteiger partial charge >= 0.3 is 0 Å². The smallest absolute Gasteiger partial charge is 0.238 e. The monoisotopic (exact) mass is 333 g/mol. The Morgan fingerprint density at radius 2 is 2.10 bits per heavy atom. The lowest BCUT2D eigenvalue weighted by atomic mass is 10.1. The zero-order valence-electron chi connectivity index (χ0n) is 11.2. The number of amides is 1. The minimum atomic E-state index is -0.0661. The second kappa shape index (κ2) is 7.17. The Morgan fingerprint density at radius 3 is 2.85 bits per heavy atom. The fourth-order valence-electron chi connectivity index (χ4n) is 1.77. The van der Waals surface area contributed by atoms with Gasteiger partial charge < -0.3 is 10.6 Å². The molecule has 0 spiro atoms. The van der Waals surface area contributed by atoms with E-state index < -0.39 is 0 Å². The van der Waals surface area contributed by atoms with Gasteiger partial charge in [-0.15, -0.1) is 0 Å². The largest absolute Gasteiger partial charge is 0.324 e. The van der Waals surface area contributed by atoms with Crippen molar-refractivity contribution in [3.63, 3.8) is 0 Å². The van der Waals surface area contributed by atoms with Crippen molar-refractivity contribution in [2.24, 2.45) is 0 Å². The highest BCUT2D eigenvalue weighted by atomic mass is 79.9. The average Bonchev–Trinajstić information content (AvgIpc) is 2.43. The Morgan fingerprint density at radius 1 is 1.30 bits per heavy atom. The fraction of sp³-hybridized carbons (Fsp3) is 0.200. The highest BCUT2D eigenvalue weighted by Crippen LogP contribution is 2.20. The molecule has 4 nitrogen and oxygen atoms in total. The Labute approximate surface area is 126 Å². The molecule has 0 unspecified atom stereocenters. The minimum Gasteiger partial charge on any atom is -0.324 e. The number of benzene rings is 1. The predicted octanol–water partition coefficient (Wildman–Crippen LogP) is 2.88. The van der Waals surface area contributed by atoms with Crippen LogP contribution < -0.4 is 10.6 Å². The second-order valence-corrected chi connectivity index (χ2v) is 5.29. The summed E-state index contributed by atoms with van der Waals surface area (Å²) < 4.78 is 0.873. The van der Waals surface area contributed by atoms with Gasteiger partial charge in [0, 0.05) is 23.4 Å². The van der Waals surface area contributed by atoms with Gasteiger partial charge in [-0.2, -0.15) is 0 Å². The van der Waals surface area contributed by atoms with Crippen LogP contribution in [0, 0.1) is 6.92 Å². The summed E-state index contributed by atoms with van der Waals surface area (Å²) in [6, 6.07) is 9.49. The molecule has 0 aliphatic rings. The number of hydrogen-bond donors (Lipinski definition) is 2. The molecule has 0 saturated carbocycles. The van der Waals surface area contributed by atoms with Crippen LogP contribution in [0.5, 0.6) is 0 Å². The molecular weight excluding hydrogens is 318 g/mol. The van der Waals surface area contributed by atoms with Crippen molar-refractivity contribution in [1.82, 2.24) is 10.3 Å². The molecular formula is C15H16BrN3O. The molecule has 0 aliphatic heterocycles. The van der Waals surface area contributed by atoms with Gasteiger partial charge in [0.15, 0.2) is 0 Å². The fourth-order valence-corrected chi connectivity index (χ4v) is 2.15. The van der Waals surface area contributed by atoms with Crippen LogP contribution in [0.1, 0.15) is 11.1 Å². The van der Waals surface area contributed by atoms with Gasteiger partial charge in [0.2, 0.25) is 5.91 Å². The van der Waals surface area contributed by atoms with Crippen LogP contribution in [-0.2, 0) is 11.3 Å². The van der Waals surface area contributed by atoms with E-state index in [0.29, 0.717) is 6.54 Å². The number of nitrogens with zero attached hydrogens (tertiary/aromatic N) is 1. The Hall–Kier alpha value is -1.72. The molecule has 2 N–H and O–H groups in total. The van der Waals surface area contributed by atoms with Gasteiger partial charge in [0.25, 0.3) is 0 Å². The van der Waals surface area contributed by atoms with Crippen molar-refractivity contribution < 1.29 is 4.79 Å². The summed E-state index contributed by atoms with van der Waals surface area (Å²) in [5, 5.41) is 5.98. The molecule has 1 aromatic heterocycles. The van der Waals surface area contributed by atoms with E-state index in [9.17, 15) is 4.79 Å². The quantitative estimate of drug-likeness (QED) is 0.884. The average molecular weight is 334 g/mol. The SMILES string of the molecule is Cc1cnccc1CNCC(=O)Nc1ccccc1Br. The maximum absolute atomic E-state index is 11.8. The standard InChI is InChI=1S/C15H16BrN3O/c1-11-8-17-7-6-12(11)9-18-10-15(20)19-14-5-3-2-4-13(14)16/h2-8,18H,9-10H2,1H3,(H,19,20). The number of para-hydroxylation sites is 1. The molecule has 2 rings (SSSR count). The lowest BCUT2D eigenvalue weighted by Gasteiger charge is -2.09. The molecule has 104 valence electrons. The van der Waals surface area contributed by atoms with Gasteiger partial charge in [-0.1, -0.05) is 12.1 Å². The van der Waals surface area contributed by atoms with E-state index in [4.69, 9.17) is 0 Å². The highest BCUT2D eigenvalue weighted by Gasteiger charge is 2.05. The maximum atomic E-state index is 11.8. The number of pyridine rings is 1. The number of nitrogens with one attached hydrogen (secondary N) is 2. The summed E-state index contributed by atoms with van der Waals surface area (Å²) >= 11 is 3.40. The van der Waals surface area contributed by atoms with Gasteiger partial charge in [-0.05, 0) is 52.2 Å². The highest BCUT2D eigenvalue weighted by molar-refractivity contribution is 9.10. The molecule has 1 aromatic carbocycles. The molecule has 0 saturated heterocycles. The van der Waals surface area contributed by atoms with E-state index in [0.717, 1.165) is 21.3 Å². The van der Waals surface area contributed by atoms with E-state index in [2.05, 4.69) is 31.5 Å². The molecule has 5 heteroatoms. The predicted molar refractivity (Wildman–Crippen MR) is 83.5 cm³/mol. The number of rotatable bonds is 5. The van der Waals surface area contributed by atoms with Crippen molar-refractivity contribution in [2.75, 3.05) is 11.9 Å². The van der Waals surface area contributed by atoms with Crippen LogP contribution in [-0.4, -0.2) is 17.4 Å². The van der Waals surface area contributed by atoms with Crippen LogP contribution in [0.4, 0.5) is 5.69 Å². The first-order valence-corrected chi connectivity index (χ1v) is 7.10. The molecule has 0 bridgehead atoms. The first-order chi connectivity index (χ1) is 9.66. The Bertz CT molecular complexity index is 601. The number of aromatic nitrogens is 1. The summed E-state index contributed by atoms with van der Waals surface area (Å²) in [5.41, 5.74) is 3.04. The number of hydrogen-bond acceptors (Lipinski definition) is 3. The molecule has 2 aromatic rings. The van der Waals surface area contributed by atoms with Crippen molar-refractivity contribution in [2.45, 2.75) is 13.5 Å². The molecule has 0 aliphatic carbocycles.